The maximum Gasteiger partial charge on any atom is 0.276 e. The van der Waals surface area contributed by atoms with E-state index in [2.05, 4.69) is 10.3 Å². The SMILES string of the molecule is CCc1c(C(=O)N2CCCC2)nnn1-c1cccc(Cl)c1. The number of aromatic nitrogens is 3. The summed E-state index contributed by atoms with van der Waals surface area (Å²) in [5.74, 6) is -0.0161. The number of carbonyl (C=O) groups is 1. The van der Waals surface area contributed by atoms with E-state index in [1.54, 1.807) is 4.68 Å². The fourth-order valence-electron chi connectivity index (χ4n) is 2.67. The van der Waals surface area contributed by atoms with Crippen LogP contribution in [0.15, 0.2) is 24.3 Å². The summed E-state index contributed by atoms with van der Waals surface area (Å²) in [7, 11) is 0. The molecule has 2 aromatic rings. The Morgan fingerprint density at radius 3 is 2.76 bits per heavy atom. The summed E-state index contributed by atoms with van der Waals surface area (Å²) in [6, 6.07) is 7.40. The number of amides is 1. The molecule has 2 heterocycles. The third-order valence-electron chi connectivity index (χ3n) is 3.75. The van der Waals surface area contributed by atoms with Gasteiger partial charge in [-0.3, -0.25) is 4.79 Å². The van der Waals surface area contributed by atoms with E-state index in [0.29, 0.717) is 17.1 Å². The van der Waals surface area contributed by atoms with Crippen molar-refractivity contribution in [2.24, 2.45) is 0 Å². The molecule has 0 radical (unpaired) electrons. The normalized spacial score (nSPS) is 14.7. The average Bonchev–Trinajstić information content (AvgIpc) is 3.15. The van der Waals surface area contributed by atoms with Gasteiger partial charge >= 0.3 is 0 Å². The summed E-state index contributed by atoms with van der Waals surface area (Å²) in [6.07, 6.45) is 2.82. The predicted molar refractivity (Wildman–Crippen MR) is 80.9 cm³/mol. The Hall–Kier alpha value is -1.88. The minimum Gasteiger partial charge on any atom is -0.337 e. The lowest BCUT2D eigenvalue weighted by Crippen LogP contribution is -2.28. The van der Waals surface area contributed by atoms with E-state index < -0.39 is 0 Å². The fraction of sp³-hybridized carbons (Fsp3) is 0.400. The third kappa shape index (κ3) is 2.65. The summed E-state index contributed by atoms with van der Waals surface area (Å²) in [6.45, 7) is 3.62. The average molecular weight is 305 g/mol. The summed E-state index contributed by atoms with van der Waals surface area (Å²) in [5.41, 5.74) is 2.11. The number of benzene rings is 1. The molecule has 110 valence electrons. The molecule has 0 N–H and O–H groups in total. The van der Waals surface area contributed by atoms with E-state index in [0.717, 1.165) is 37.3 Å². The summed E-state index contributed by atoms with van der Waals surface area (Å²) in [5, 5.41) is 8.90. The Bertz CT molecular complexity index is 661. The number of hydrogen-bond donors (Lipinski definition) is 0. The molecule has 0 aliphatic carbocycles. The topological polar surface area (TPSA) is 51.0 Å². The molecule has 0 saturated carbocycles. The highest BCUT2D eigenvalue weighted by Gasteiger charge is 2.26. The number of carbonyl (C=O) groups excluding carboxylic acids is 1. The van der Waals surface area contributed by atoms with Crippen LogP contribution in [0.25, 0.3) is 5.69 Å². The van der Waals surface area contributed by atoms with Crippen molar-refractivity contribution in [2.45, 2.75) is 26.2 Å². The van der Waals surface area contributed by atoms with Gasteiger partial charge in [0.1, 0.15) is 0 Å². The minimum absolute atomic E-state index is 0.0161. The Kier molecular flexibility index (Phi) is 3.92. The van der Waals surface area contributed by atoms with E-state index in [9.17, 15) is 4.79 Å². The van der Waals surface area contributed by atoms with Gasteiger partial charge < -0.3 is 4.90 Å². The molecule has 1 amide bonds. The van der Waals surface area contributed by atoms with Gasteiger partial charge in [-0.2, -0.15) is 0 Å². The van der Waals surface area contributed by atoms with Crippen LogP contribution in [-0.2, 0) is 6.42 Å². The maximum atomic E-state index is 12.5. The minimum atomic E-state index is -0.0161. The van der Waals surface area contributed by atoms with E-state index in [1.807, 2.05) is 36.1 Å². The van der Waals surface area contributed by atoms with Crippen molar-refractivity contribution in [1.29, 1.82) is 0 Å². The number of likely N-dealkylation sites (tertiary alicyclic amines) is 1. The van der Waals surface area contributed by atoms with Crippen LogP contribution in [0, 0.1) is 0 Å². The molecule has 21 heavy (non-hydrogen) atoms. The second-order valence-electron chi connectivity index (χ2n) is 5.13. The van der Waals surface area contributed by atoms with Crippen molar-refractivity contribution in [3.05, 3.63) is 40.7 Å². The second kappa shape index (κ2) is 5.85. The van der Waals surface area contributed by atoms with Crippen LogP contribution in [0.5, 0.6) is 0 Å². The molecule has 0 spiro atoms. The largest absolute Gasteiger partial charge is 0.337 e. The van der Waals surface area contributed by atoms with Gasteiger partial charge in [-0.1, -0.05) is 29.8 Å². The first-order chi connectivity index (χ1) is 10.2. The monoisotopic (exact) mass is 304 g/mol. The first-order valence-corrected chi connectivity index (χ1v) is 7.58. The molecular formula is C15H17ClN4O. The summed E-state index contributed by atoms with van der Waals surface area (Å²) >= 11 is 6.03. The van der Waals surface area contributed by atoms with E-state index in [1.165, 1.54) is 0 Å². The van der Waals surface area contributed by atoms with Gasteiger partial charge in [0.05, 0.1) is 11.4 Å². The molecule has 3 rings (SSSR count). The third-order valence-corrected chi connectivity index (χ3v) is 3.98. The summed E-state index contributed by atoms with van der Waals surface area (Å²) in [4.78, 5) is 14.4. The van der Waals surface area contributed by atoms with Gasteiger partial charge in [0, 0.05) is 18.1 Å². The summed E-state index contributed by atoms with van der Waals surface area (Å²) < 4.78 is 1.70. The number of nitrogens with zero attached hydrogens (tertiary/aromatic N) is 4. The van der Waals surface area contributed by atoms with Crippen molar-refractivity contribution in [2.75, 3.05) is 13.1 Å². The molecule has 1 aliphatic rings. The number of rotatable bonds is 3. The zero-order chi connectivity index (χ0) is 14.8. The van der Waals surface area contributed by atoms with Crippen LogP contribution in [-0.4, -0.2) is 38.9 Å². The molecule has 0 unspecified atom stereocenters. The van der Waals surface area contributed by atoms with Crippen molar-refractivity contribution in [1.82, 2.24) is 19.9 Å². The van der Waals surface area contributed by atoms with Crippen molar-refractivity contribution in [3.8, 4) is 5.69 Å². The Labute approximate surface area is 128 Å². The van der Waals surface area contributed by atoms with Crippen LogP contribution in [0.1, 0.15) is 35.9 Å². The van der Waals surface area contributed by atoms with Crippen molar-refractivity contribution < 1.29 is 4.79 Å². The van der Waals surface area contributed by atoms with Crippen LogP contribution in [0.2, 0.25) is 5.02 Å². The van der Waals surface area contributed by atoms with Gasteiger partial charge in [0.15, 0.2) is 5.69 Å². The highest BCUT2D eigenvalue weighted by molar-refractivity contribution is 6.30. The standard InChI is InChI=1S/C15H17ClN4O/c1-2-13-14(15(21)19-8-3-4-9-19)17-18-20(13)12-7-5-6-11(16)10-12/h5-7,10H,2-4,8-9H2,1H3. The van der Waals surface area contributed by atoms with Gasteiger partial charge in [-0.05, 0) is 37.5 Å². The molecule has 0 bridgehead atoms. The molecule has 1 aromatic carbocycles. The molecular weight excluding hydrogens is 288 g/mol. The fourth-order valence-corrected chi connectivity index (χ4v) is 2.85. The molecule has 1 saturated heterocycles. The second-order valence-corrected chi connectivity index (χ2v) is 5.57. The quantitative estimate of drug-likeness (QED) is 0.876. The van der Waals surface area contributed by atoms with E-state index >= 15 is 0 Å². The van der Waals surface area contributed by atoms with Crippen LogP contribution in [0.3, 0.4) is 0 Å². The Morgan fingerprint density at radius 2 is 2.10 bits per heavy atom. The van der Waals surface area contributed by atoms with E-state index in [4.69, 9.17) is 11.6 Å². The molecule has 5 nitrogen and oxygen atoms in total. The number of halogens is 1. The van der Waals surface area contributed by atoms with E-state index in [-0.39, 0.29) is 5.91 Å². The van der Waals surface area contributed by atoms with Crippen molar-refractivity contribution >= 4 is 17.5 Å². The predicted octanol–water partition coefficient (Wildman–Crippen LogP) is 2.72. The highest BCUT2D eigenvalue weighted by Crippen LogP contribution is 2.20. The van der Waals surface area contributed by atoms with Crippen molar-refractivity contribution in [3.63, 3.8) is 0 Å². The first kappa shape index (κ1) is 14.1. The van der Waals surface area contributed by atoms with Gasteiger partial charge in [0.25, 0.3) is 5.91 Å². The lowest BCUT2D eigenvalue weighted by molar-refractivity contribution is 0.0786. The molecule has 1 aliphatic heterocycles. The smallest absolute Gasteiger partial charge is 0.276 e. The molecule has 1 aromatic heterocycles. The molecule has 0 atom stereocenters. The Balaban J connectivity index is 1.98. The highest BCUT2D eigenvalue weighted by atomic mass is 35.5. The van der Waals surface area contributed by atoms with Crippen LogP contribution < -0.4 is 0 Å². The lowest BCUT2D eigenvalue weighted by Gasteiger charge is -2.14. The maximum absolute atomic E-state index is 12.5. The zero-order valence-electron chi connectivity index (χ0n) is 11.9. The lowest BCUT2D eigenvalue weighted by atomic mass is 10.2. The number of hydrogen-bond acceptors (Lipinski definition) is 3. The molecule has 1 fully saturated rings. The first-order valence-electron chi connectivity index (χ1n) is 7.20. The Morgan fingerprint density at radius 1 is 1.33 bits per heavy atom. The van der Waals surface area contributed by atoms with Crippen LogP contribution >= 0.6 is 11.6 Å². The van der Waals surface area contributed by atoms with Gasteiger partial charge in [-0.25, -0.2) is 4.68 Å². The van der Waals surface area contributed by atoms with Gasteiger partial charge in [-0.15, -0.1) is 5.10 Å². The zero-order valence-corrected chi connectivity index (χ0v) is 12.7. The molecule has 6 heteroatoms. The van der Waals surface area contributed by atoms with Crippen LogP contribution in [0.4, 0.5) is 0 Å². The van der Waals surface area contributed by atoms with Gasteiger partial charge in [0.2, 0.25) is 0 Å².